The van der Waals surface area contributed by atoms with Gasteiger partial charge < -0.3 is 4.90 Å². The van der Waals surface area contributed by atoms with Gasteiger partial charge >= 0.3 is 0 Å². The van der Waals surface area contributed by atoms with Gasteiger partial charge in [0.1, 0.15) is 0 Å². The zero-order valence-corrected chi connectivity index (χ0v) is 13.3. The molecule has 2 saturated carbocycles. The Balaban J connectivity index is 1.92. The Morgan fingerprint density at radius 3 is 2.28 bits per heavy atom. The molecule has 0 saturated heterocycles. The molecule has 104 valence electrons. The summed E-state index contributed by atoms with van der Waals surface area (Å²) < 4.78 is 0. The molecule has 2 rings (SSSR count). The summed E-state index contributed by atoms with van der Waals surface area (Å²) >= 11 is 3.58. The number of nitrogens with zero attached hydrogens (tertiary/aromatic N) is 1. The number of hydrogen-bond acceptors (Lipinski definition) is 1. The van der Waals surface area contributed by atoms with Crippen molar-refractivity contribution in [1.82, 2.24) is 4.90 Å². The maximum atomic E-state index is 12.5. The number of hydrogen-bond donors (Lipinski definition) is 0. The lowest BCUT2D eigenvalue weighted by Gasteiger charge is -2.32. The van der Waals surface area contributed by atoms with Gasteiger partial charge in [0.25, 0.3) is 0 Å². The first-order valence-electron chi connectivity index (χ1n) is 7.54. The summed E-state index contributed by atoms with van der Waals surface area (Å²) in [5.74, 6) is 1.47. The van der Waals surface area contributed by atoms with Crippen LogP contribution in [0, 0.1) is 11.8 Å². The van der Waals surface area contributed by atoms with E-state index < -0.39 is 0 Å². The molecule has 0 aromatic heterocycles. The van der Waals surface area contributed by atoms with Crippen LogP contribution in [0.15, 0.2) is 0 Å². The minimum absolute atomic E-state index is 0.00157. The smallest absolute Gasteiger partial charge is 0.236 e. The van der Waals surface area contributed by atoms with Crippen molar-refractivity contribution in [2.75, 3.05) is 6.54 Å². The largest absolute Gasteiger partial charge is 0.338 e. The lowest BCUT2D eigenvalue weighted by Crippen LogP contribution is -2.43. The molecule has 2 nitrogen and oxygen atoms in total. The van der Waals surface area contributed by atoms with Crippen molar-refractivity contribution in [3.8, 4) is 0 Å². The fourth-order valence-corrected chi connectivity index (χ4v) is 3.16. The normalized spacial score (nSPS) is 23.1. The summed E-state index contributed by atoms with van der Waals surface area (Å²) in [6, 6.07) is 0.554. The molecule has 0 aliphatic heterocycles. The van der Waals surface area contributed by atoms with Crippen LogP contribution in [0.1, 0.15) is 58.8 Å². The molecule has 1 unspecified atom stereocenters. The van der Waals surface area contributed by atoms with Crippen LogP contribution in [0.3, 0.4) is 0 Å². The first kappa shape index (κ1) is 14.4. The van der Waals surface area contributed by atoms with Gasteiger partial charge in [-0.25, -0.2) is 0 Å². The van der Waals surface area contributed by atoms with E-state index in [1.165, 1.54) is 44.9 Å². The number of amides is 1. The molecule has 2 fully saturated rings. The molecular formula is C15H26BrNO. The highest BCUT2D eigenvalue weighted by atomic mass is 79.9. The first-order valence-corrected chi connectivity index (χ1v) is 8.45. The second-order valence-electron chi connectivity index (χ2n) is 6.37. The van der Waals surface area contributed by atoms with Crippen molar-refractivity contribution in [2.45, 2.75) is 69.7 Å². The molecule has 0 aromatic rings. The van der Waals surface area contributed by atoms with Gasteiger partial charge in [0.05, 0.1) is 4.83 Å². The van der Waals surface area contributed by atoms with Gasteiger partial charge in [-0.1, -0.05) is 49.0 Å². The van der Waals surface area contributed by atoms with Crippen molar-refractivity contribution in [3.63, 3.8) is 0 Å². The molecular weight excluding hydrogens is 290 g/mol. The van der Waals surface area contributed by atoms with Crippen LogP contribution >= 0.6 is 15.9 Å². The monoisotopic (exact) mass is 315 g/mol. The van der Waals surface area contributed by atoms with Crippen LogP contribution in [0.25, 0.3) is 0 Å². The fourth-order valence-electron chi connectivity index (χ4n) is 2.90. The standard InChI is InChI=1S/C15H26BrNO/c1-11(2)14(16)15(18)17(13-8-9-13)10-12-6-4-3-5-7-12/h11-14H,3-10H2,1-2H3. The second kappa shape index (κ2) is 6.40. The van der Waals surface area contributed by atoms with E-state index in [-0.39, 0.29) is 4.83 Å². The van der Waals surface area contributed by atoms with Crippen molar-refractivity contribution in [3.05, 3.63) is 0 Å². The van der Waals surface area contributed by atoms with Crippen molar-refractivity contribution in [2.24, 2.45) is 11.8 Å². The van der Waals surface area contributed by atoms with Gasteiger partial charge in [-0.15, -0.1) is 0 Å². The fraction of sp³-hybridized carbons (Fsp3) is 0.933. The van der Waals surface area contributed by atoms with Crippen LogP contribution in [0.4, 0.5) is 0 Å². The Morgan fingerprint density at radius 1 is 1.17 bits per heavy atom. The van der Waals surface area contributed by atoms with Gasteiger partial charge in [0, 0.05) is 12.6 Å². The van der Waals surface area contributed by atoms with E-state index in [0.29, 0.717) is 17.9 Å². The van der Waals surface area contributed by atoms with Crippen LogP contribution in [-0.4, -0.2) is 28.2 Å². The second-order valence-corrected chi connectivity index (χ2v) is 7.36. The molecule has 0 radical (unpaired) electrons. The third-order valence-corrected chi connectivity index (χ3v) is 5.72. The lowest BCUT2D eigenvalue weighted by molar-refractivity contribution is -0.132. The van der Waals surface area contributed by atoms with E-state index in [9.17, 15) is 4.79 Å². The van der Waals surface area contributed by atoms with Crippen LogP contribution < -0.4 is 0 Å². The molecule has 2 aliphatic carbocycles. The Bertz CT molecular complexity index is 282. The summed E-state index contributed by atoms with van der Waals surface area (Å²) in [6.07, 6.45) is 9.20. The highest BCUT2D eigenvalue weighted by Crippen LogP contribution is 2.33. The molecule has 2 aliphatic rings. The molecule has 0 heterocycles. The van der Waals surface area contributed by atoms with Crippen molar-refractivity contribution < 1.29 is 4.79 Å². The number of alkyl halides is 1. The maximum absolute atomic E-state index is 12.5. The number of rotatable bonds is 5. The predicted molar refractivity (Wildman–Crippen MR) is 78.9 cm³/mol. The Hall–Kier alpha value is -0.0500. The molecule has 18 heavy (non-hydrogen) atoms. The maximum Gasteiger partial charge on any atom is 0.236 e. The topological polar surface area (TPSA) is 20.3 Å². The highest BCUT2D eigenvalue weighted by Gasteiger charge is 2.37. The average Bonchev–Trinajstić information content (AvgIpc) is 3.19. The third kappa shape index (κ3) is 3.72. The van der Waals surface area contributed by atoms with Crippen LogP contribution in [0.5, 0.6) is 0 Å². The van der Waals surface area contributed by atoms with E-state index in [2.05, 4.69) is 34.7 Å². The minimum Gasteiger partial charge on any atom is -0.338 e. The molecule has 1 amide bonds. The SMILES string of the molecule is CC(C)C(Br)C(=O)N(CC1CCCCC1)C1CC1. The van der Waals surface area contributed by atoms with E-state index in [4.69, 9.17) is 0 Å². The van der Waals surface area contributed by atoms with E-state index in [0.717, 1.165) is 12.5 Å². The Morgan fingerprint density at radius 2 is 1.78 bits per heavy atom. The zero-order chi connectivity index (χ0) is 13.1. The van der Waals surface area contributed by atoms with E-state index in [1.807, 2.05) is 0 Å². The van der Waals surface area contributed by atoms with Crippen LogP contribution in [0.2, 0.25) is 0 Å². The average molecular weight is 316 g/mol. The number of carbonyl (C=O) groups excluding carboxylic acids is 1. The predicted octanol–water partition coefficient (Wildman–Crippen LogP) is 3.98. The minimum atomic E-state index is 0.00157. The third-order valence-electron chi connectivity index (χ3n) is 4.27. The van der Waals surface area contributed by atoms with Crippen molar-refractivity contribution >= 4 is 21.8 Å². The van der Waals surface area contributed by atoms with E-state index in [1.54, 1.807) is 0 Å². The molecule has 0 aromatic carbocycles. The lowest BCUT2D eigenvalue weighted by atomic mass is 9.88. The van der Waals surface area contributed by atoms with Gasteiger partial charge in [-0.3, -0.25) is 4.79 Å². The van der Waals surface area contributed by atoms with Crippen molar-refractivity contribution in [1.29, 1.82) is 0 Å². The quantitative estimate of drug-likeness (QED) is 0.703. The van der Waals surface area contributed by atoms with Gasteiger partial charge in [-0.05, 0) is 37.5 Å². The Kier molecular flexibility index (Phi) is 5.11. The van der Waals surface area contributed by atoms with Gasteiger partial charge in [0.2, 0.25) is 5.91 Å². The van der Waals surface area contributed by atoms with Crippen LogP contribution in [-0.2, 0) is 4.79 Å². The summed E-state index contributed by atoms with van der Waals surface area (Å²) in [4.78, 5) is 14.7. The first-order chi connectivity index (χ1) is 8.59. The summed E-state index contributed by atoms with van der Waals surface area (Å²) in [5, 5.41) is 0. The summed E-state index contributed by atoms with van der Waals surface area (Å²) in [6.45, 7) is 5.24. The Labute approximate surface area is 120 Å². The molecule has 0 N–H and O–H groups in total. The van der Waals surface area contributed by atoms with Gasteiger partial charge in [0.15, 0.2) is 0 Å². The molecule has 1 atom stereocenters. The molecule has 0 spiro atoms. The summed E-state index contributed by atoms with van der Waals surface area (Å²) in [7, 11) is 0. The highest BCUT2D eigenvalue weighted by molar-refractivity contribution is 9.10. The van der Waals surface area contributed by atoms with E-state index >= 15 is 0 Å². The van der Waals surface area contributed by atoms with Gasteiger partial charge in [-0.2, -0.15) is 0 Å². The number of carbonyl (C=O) groups is 1. The molecule has 0 bridgehead atoms. The zero-order valence-electron chi connectivity index (χ0n) is 11.7. The molecule has 3 heteroatoms. The summed E-state index contributed by atoms with van der Waals surface area (Å²) in [5.41, 5.74) is 0. The number of halogens is 1.